The van der Waals surface area contributed by atoms with Gasteiger partial charge in [0.2, 0.25) is 0 Å². The van der Waals surface area contributed by atoms with Crippen LogP contribution in [0.15, 0.2) is 0 Å². The Morgan fingerprint density at radius 3 is 0.853 bits per heavy atom. The van der Waals surface area contributed by atoms with Crippen LogP contribution in [0.2, 0.25) is 0 Å². The standard InChI is InChI=1S/3C6H14.C5H11N.C5H10.C5H12/c1-5-6(2,3)4;2*1-4-5-6(2)3;1-2-4-6-5-3-1;1-2-4-5-3-1;1-4-5(2)3/h5H2,1-4H3;2*6H,4-5H2,1-3H3;6H,1-5H2;1-5H2;5H,4H2,1-3H3. The van der Waals surface area contributed by atoms with Gasteiger partial charge >= 0.3 is 0 Å². The first-order valence-electron chi connectivity index (χ1n) is 15.6. The summed E-state index contributed by atoms with van der Waals surface area (Å²) in [6.07, 6.45) is 19.7. The van der Waals surface area contributed by atoms with Gasteiger partial charge in [-0.15, -0.1) is 0 Å². The molecule has 0 atom stereocenters. The third-order valence-corrected chi connectivity index (χ3v) is 6.07. The van der Waals surface area contributed by atoms with Crippen molar-refractivity contribution in [3.8, 4) is 0 Å². The van der Waals surface area contributed by atoms with Crippen molar-refractivity contribution in [2.24, 2.45) is 23.2 Å². The average Bonchev–Trinajstić information content (AvgIpc) is 3.36. The van der Waals surface area contributed by atoms with E-state index in [-0.39, 0.29) is 0 Å². The normalized spacial score (nSPS) is 14.8. The summed E-state index contributed by atoms with van der Waals surface area (Å²) in [5, 5.41) is 3.28. The molecule has 1 aliphatic heterocycles. The maximum Gasteiger partial charge on any atom is -0.00489 e. The Balaban J connectivity index is -0.000000159. The zero-order valence-corrected chi connectivity index (χ0v) is 27.0. The molecule has 0 unspecified atom stereocenters. The van der Waals surface area contributed by atoms with Gasteiger partial charge in [0, 0.05) is 0 Å². The van der Waals surface area contributed by atoms with Crippen molar-refractivity contribution in [1.82, 2.24) is 5.32 Å². The van der Waals surface area contributed by atoms with Crippen LogP contribution in [0.1, 0.15) is 180 Å². The highest BCUT2D eigenvalue weighted by Crippen LogP contribution is 2.16. The average molecular weight is 486 g/mol. The zero-order chi connectivity index (χ0) is 27.3. The molecule has 0 aromatic heterocycles. The summed E-state index contributed by atoms with van der Waals surface area (Å²) in [6.45, 7) is 31.5. The lowest BCUT2D eigenvalue weighted by molar-refractivity contribution is 0.398. The second-order valence-electron chi connectivity index (χ2n) is 12.7. The van der Waals surface area contributed by atoms with Gasteiger partial charge in [-0.25, -0.2) is 0 Å². The van der Waals surface area contributed by atoms with E-state index in [4.69, 9.17) is 0 Å². The molecule has 1 saturated carbocycles. The van der Waals surface area contributed by atoms with Crippen molar-refractivity contribution in [2.75, 3.05) is 13.1 Å². The number of hydrogen-bond acceptors (Lipinski definition) is 1. The molecule has 1 N–H and O–H groups in total. The molecule has 1 saturated heterocycles. The highest BCUT2D eigenvalue weighted by molar-refractivity contribution is 4.55. The number of nitrogens with one attached hydrogen (secondary N) is 1. The Kier molecular flexibility index (Phi) is 39.8. The Morgan fingerprint density at radius 2 is 0.794 bits per heavy atom. The predicted molar refractivity (Wildman–Crippen MR) is 164 cm³/mol. The molecule has 2 aliphatic rings. The van der Waals surface area contributed by atoms with Crippen LogP contribution in [0, 0.1) is 23.2 Å². The summed E-state index contributed by atoms with van der Waals surface area (Å²) in [4.78, 5) is 0. The van der Waals surface area contributed by atoms with Crippen LogP contribution >= 0.6 is 0 Å². The van der Waals surface area contributed by atoms with Crippen molar-refractivity contribution in [2.45, 2.75) is 180 Å². The van der Waals surface area contributed by atoms with Gasteiger partial charge in [0.15, 0.2) is 0 Å². The molecular formula is C33H75N. The van der Waals surface area contributed by atoms with E-state index in [2.05, 4.69) is 95.3 Å². The van der Waals surface area contributed by atoms with E-state index in [1.807, 2.05) is 0 Å². The minimum Gasteiger partial charge on any atom is -0.317 e. The van der Waals surface area contributed by atoms with Crippen LogP contribution in [0.3, 0.4) is 0 Å². The number of rotatable bonds is 5. The Bertz CT molecular complexity index is 274. The number of piperidine rings is 1. The molecule has 34 heavy (non-hydrogen) atoms. The van der Waals surface area contributed by atoms with Crippen molar-refractivity contribution in [3.63, 3.8) is 0 Å². The smallest absolute Gasteiger partial charge is 0.00489 e. The molecular weight excluding hydrogens is 410 g/mol. The molecule has 0 spiro atoms. The topological polar surface area (TPSA) is 12.0 Å². The lowest BCUT2D eigenvalue weighted by Crippen LogP contribution is -2.21. The van der Waals surface area contributed by atoms with Crippen molar-refractivity contribution in [1.29, 1.82) is 0 Å². The molecule has 1 nitrogen and oxygen atoms in total. The van der Waals surface area contributed by atoms with Crippen molar-refractivity contribution < 1.29 is 0 Å². The molecule has 212 valence electrons. The van der Waals surface area contributed by atoms with Gasteiger partial charge < -0.3 is 5.32 Å². The molecule has 0 radical (unpaired) electrons. The first kappa shape index (κ1) is 41.1. The lowest BCUT2D eigenvalue weighted by Gasteiger charge is -2.12. The first-order chi connectivity index (χ1) is 15.9. The van der Waals surface area contributed by atoms with E-state index in [0.717, 1.165) is 17.8 Å². The van der Waals surface area contributed by atoms with E-state index < -0.39 is 0 Å². The van der Waals surface area contributed by atoms with E-state index >= 15 is 0 Å². The molecule has 0 bridgehead atoms. The maximum absolute atomic E-state index is 3.28. The summed E-state index contributed by atoms with van der Waals surface area (Å²) < 4.78 is 0. The third-order valence-electron chi connectivity index (χ3n) is 6.07. The zero-order valence-electron chi connectivity index (χ0n) is 27.0. The van der Waals surface area contributed by atoms with Gasteiger partial charge in [0.25, 0.3) is 0 Å². The van der Waals surface area contributed by atoms with Crippen LogP contribution < -0.4 is 5.32 Å². The first-order valence-corrected chi connectivity index (χ1v) is 15.6. The minimum absolute atomic E-state index is 0.542. The Hall–Kier alpha value is -0.0400. The SMILES string of the molecule is C1CCCC1.C1CCNCC1.CCC(C)(C)C.CCC(C)C.CCCC(C)C.CCCC(C)C. The Labute approximate surface area is 221 Å². The molecule has 2 fully saturated rings. The van der Waals surface area contributed by atoms with E-state index in [1.165, 1.54) is 103 Å². The fourth-order valence-corrected chi connectivity index (χ4v) is 2.84. The van der Waals surface area contributed by atoms with Gasteiger partial charge in [-0.05, 0) is 49.1 Å². The van der Waals surface area contributed by atoms with E-state index in [9.17, 15) is 0 Å². The van der Waals surface area contributed by atoms with Gasteiger partial charge in [0.05, 0.1) is 0 Å². The molecule has 2 rings (SSSR count). The van der Waals surface area contributed by atoms with Crippen molar-refractivity contribution in [3.05, 3.63) is 0 Å². The second-order valence-corrected chi connectivity index (χ2v) is 12.7. The quantitative estimate of drug-likeness (QED) is 0.408. The summed E-state index contributed by atoms with van der Waals surface area (Å²) >= 11 is 0. The molecule has 0 amide bonds. The second kappa shape index (κ2) is 33.0. The summed E-state index contributed by atoms with van der Waals surface area (Å²) in [6, 6.07) is 0. The predicted octanol–water partition coefficient (Wildman–Crippen LogP) is 12.1. The summed E-state index contributed by atoms with van der Waals surface area (Å²) in [7, 11) is 0. The highest BCUT2D eigenvalue weighted by atomic mass is 14.9. The number of hydrogen-bond donors (Lipinski definition) is 1. The molecule has 0 aromatic rings. The van der Waals surface area contributed by atoms with Gasteiger partial charge in [-0.2, -0.15) is 0 Å². The largest absolute Gasteiger partial charge is 0.317 e. The lowest BCUT2D eigenvalue weighted by atomic mass is 9.94. The van der Waals surface area contributed by atoms with Crippen LogP contribution in [0.4, 0.5) is 0 Å². The maximum atomic E-state index is 3.28. The molecule has 1 aliphatic carbocycles. The molecule has 1 heteroatoms. The molecule has 1 heterocycles. The summed E-state index contributed by atoms with van der Waals surface area (Å²) in [5.74, 6) is 2.68. The van der Waals surface area contributed by atoms with Crippen LogP contribution in [0.5, 0.6) is 0 Å². The third kappa shape index (κ3) is 63.5. The van der Waals surface area contributed by atoms with Crippen LogP contribution in [-0.2, 0) is 0 Å². The Morgan fingerprint density at radius 1 is 0.529 bits per heavy atom. The fourth-order valence-electron chi connectivity index (χ4n) is 2.84. The van der Waals surface area contributed by atoms with Crippen molar-refractivity contribution >= 4 is 0 Å². The molecule has 0 aromatic carbocycles. The van der Waals surface area contributed by atoms with Crippen LogP contribution in [-0.4, -0.2) is 13.1 Å². The monoisotopic (exact) mass is 486 g/mol. The van der Waals surface area contributed by atoms with Gasteiger partial charge in [-0.1, -0.05) is 167 Å². The summed E-state index contributed by atoms with van der Waals surface area (Å²) in [5.41, 5.74) is 0.542. The minimum atomic E-state index is 0.542. The van der Waals surface area contributed by atoms with Gasteiger partial charge in [0.1, 0.15) is 0 Å². The van der Waals surface area contributed by atoms with Gasteiger partial charge in [-0.3, -0.25) is 0 Å². The van der Waals surface area contributed by atoms with E-state index in [0.29, 0.717) is 5.41 Å². The fraction of sp³-hybridized carbons (Fsp3) is 1.00. The highest BCUT2D eigenvalue weighted by Gasteiger charge is 2.03. The van der Waals surface area contributed by atoms with E-state index in [1.54, 1.807) is 0 Å². The van der Waals surface area contributed by atoms with Crippen LogP contribution in [0.25, 0.3) is 0 Å².